The van der Waals surface area contributed by atoms with Gasteiger partial charge in [-0.05, 0) is 36.5 Å². The Kier molecular flexibility index (Phi) is 2.33. The monoisotopic (exact) mass is 278 g/mol. The van der Waals surface area contributed by atoms with Crippen LogP contribution in [0.5, 0.6) is 0 Å². The minimum Gasteiger partial charge on any atom is -0.469 e. The van der Waals surface area contributed by atoms with Crippen LogP contribution in [0.2, 0.25) is 0 Å². The average Bonchev–Trinajstić information content (AvgIpc) is 2.86. The van der Waals surface area contributed by atoms with Crippen molar-refractivity contribution in [2.24, 2.45) is 27.1 Å². The number of hydrogen-bond acceptors (Lipinski definition) is 3. The number of ether oxygens (including phenoxy) is 1. The van der Waals surface area contributed by atoms with Crippen molar-refractivity contribution < 1.29 is 14.3 Å². The Morgan fingerprint density at radius 2 is 1.30 bits per heavy atom. The number of rotatable bonds is 2. The topological polar surface area (TPSA) is 43.4 Å². The van der Waals surface area contributed by atoms with Crippen molar-refractivity contribution in [1.29, 1.82) is 0 Å². The van der Waals surface area contributed by atoms with Crippen LogP contribution >= 0.6 is 0 Å². The molecule has 0 N–H and O–H groups in total. The number of carbonyl (C=O) groups excluding carboxylic acids is 2. The molecule has 0 aromatic rings. The molecule has 4 atom stereocenters. The molecule has 0 aromatic carbocycles. The van der Waals surface area contributed by atoms with Gasteiger partial charge in [0.15, 0.2) is 0 Å². The van der Waals surface area contributed by atoms with Crippen molar-refractivity contribution in [3.05, 3.63) is 0 Å². The maximum atomic E-state index is 13.2. The number of methoxy groups -OCH3 is 1. The molecular weight excluding hydrogens is 252 g/mol. The molecule has 4 bridgehead atoms. The van der Waals surface area contributed by atoms with Gasteiger partial charge in [0.05, 0.1) is 12.5 Å². The normalized spacial score (nSPS) is 48.9. The predicted octanol–water partition coefficient (Wildman–Crippen LogP) is 3.36. The van der Waals surface area contributed by atoms with Crippen molar-refractivity contribution in [3.63, 3.8) is 0 Å². The Labute approximate surface area is 121 Å². The summed E-state index contributed by atoms with van der Waals surface area (Å²) in [7, 11) is 1.46. The van der Waals surface area contributed by atoms with E-state index in [1.807, 2.05) is 20.8 Å². The Morgan fingerprint density at radius 3 is 1.65 bits per heavy atom. The standard InChI is InChI=1S/C17H26O3/c1-13(2,3)11(18)16-7-14(4)9-17(16,12(19)20-6)10-15(14,5)8-16/h7-10H2,1-6H3/t14-,15+,16?,17?. The Hall–Kier alpha value is -0.860. The third-order valence-electron chi connectivity index (χ3n) is 6.83. The first-order valence-electron chi connectivity index (χ1n) is 7.60. The molecule has 0 spiro atoms. The summed E-state index contributed by atoms with van der Waals surface area (Å²) in [4.78, 5) is 25.8. The average molecular weight is 278 g/mol. The van der Waals surface area contributed by atoms with E-state index in [4.69, 9.17) is 4.74 Å². The highest BCUT2D eigenvalue weighted by molar-refractivity contribution is 5.98. The molecule has 0 radical (unpaired) electrons. The molecule has 112 valence electrons. The van der Waals surface area contributed by atoms with E-state index >= 15 is 0 Å². The lowest BCUT2D eigenvalue weighted by atomic mass is 9.60. The molecule has 4 fully saturated rings. The van der Waals surface area contributed by atoms with E-state index in [1.54, 1.807) is 0 Å². The molecule has 0 aliphatic heterocycles. The van der Waals surface area contributed by atoms with Gasteiger partial charge in [-0.25, -0.2) is 0 Å². The van der Waals surface area contributed by atoms with E-state index in [0.29, 0.717) is 0 Å². The first kappa shape index (κ1) is 14.1. The lowest BCUT2D eigenvalue weighted by Crippen LogP contribution is -2.49. The second kappa shape index (κ2) is 3.31. The summed E-state index contributed by atoms with van der Waals surface area (Å²) in [6.07, 6.45) is 3.37. The molecule has 4 aliphatic carbocycles. The second-order valence-corrected chi connectivity index (χ2v) is 9.06. The van der Waals surface area contributed by atoms with Crippen molar-refractivity contribution >= 4 is 11.8 Å². The minimum atomic E-state index is -0.560. The predicted molar refractivity (Wildman–Crippen MR) is 76.0 cm³/mol. The molecule has 0 saturated heterocycles. The SMILES string of the molecule is COC(=O)C12C[C@@]3(C)CC1(C(=O)C(C)(C)C)C[C@@]3(C)C2. The van der Waals surface area contributed by atoms with Crippen molar-refractivity contribution in [2.75, 3.05) is 7.11 Å². The number of Topliss-reactive ketones (excluding diaryl/α,β-unsaturated/α-hetero) is 1. The van der Waals surface area contributed by atoms with Gasteiger partial charge < -0.3 is 4.74 Å². The van der Waals surface area contributed by atoms with Crippen LogP contribution in [0.1, 0.15) is 60.3 Å². The highest BCUT2D eigenvalue weighted by Crippen LogP contribution is 2.87. The fraction of sp³-hybridized carbons (Fsp3) is 0.882. The Morgan fingerprint density at radius 1 is 0.900 bits per heavy atom. The highest BCUT2D eigenvalue weighted by Gasteiger charge is 2.85. The van der Waals surface area contributed by atoms with E-state index in [2.05, 4.69) is 13.8 Å². The van der Waals surface area contributed by atoms with Gasteiger partial charge in [0.2, 0.25) is 0 Å². The summed E-state index contributed by atoms with van der Waals surface area (Å²) >= 11 is 0. The molecule has 3 heteroatoms. The van der Waals surface area contributed by atoms with Gasteiger partial charge in [-0.3, -0.25) is 9.59 Å². The fourth-order valence-corrected chi connectivity index (χ4v) is 6.08. The first-order chi connectivity index (χ1) is 8.96. The quantitative estimate of drug-likeness (QED) is 0.727. The maximum Gasteiger partial charge on any atom is 0.312 e. The van der Waals surface area contributed by atoms with Gasteiger partial charge in [-0.2, -0.15) is 0 Å². The van der Waals surface area contributed by atoms with E-state index in [1.165, 1.54) is 7.11 Å². The minimum absolute atomic E-state index is 0.113. The van der Waals surface area contributed by atoms with Gasteiger partial charge in [0, 0.05) is 10.8 Å². The van der Waals surface area contributed by atoms with Crippen LogP contribution in [0, 0.1) is 27.1 Å². The summed E-state index contributed by atoms with van der Waals surface area (Å²) < 4.78 is 5.14. The largest absolute Gasteiger partial charge is 0.469 e. The molecule has 0 aromatic heterocycles. The second-order valence-electron chi connectivity index (χ2n) is 9.06. The number of carbonyl (C=O) groups is 2. The van der Waals surface area contributed by atoms with Crippen LogP contribution in [0.3, 0.4) is 0 Å². The third-order valence-corrected chi connectivity index (χ3v) is 6.83. The summed E-state index contributed by atoms with van der Waals surface area (Å²) in [5.41, 5.74) is -1.22. The lowest BCUT2D eigenvalue weighted by molar-refractivity contribution is -0.164. The van der Waals surface area contributed by atoms with Crippen molar-refractivity contribution in [3.8, 4) is 0 Å². The zero-order chi connectivity index (χ0) is 15.2. The molecular formula is C17H26O3. The number of ketones is 1. The number of hydrogen-bond donors (Lipinski definition) is 0. The van der Waals surface area contributed by atoms with Crippen molar-refractivity contribution in [2.45, 2.75) is 60.3 Å². The smallest absolute Gasteiger partial charge is 0.312 e. The molecule has 3 nitrogen and oxygen atoms in total. The molecule has 20 heavy (non-hydrogen) atoms. The maximum absolute atomic E-state index is 13.2. The van der Waals surface area contributed by atoms with Gasteiger partial charge in [-0.15, -0.1) is 0 Å². The van der Waals surface area contributed by atoms with Crippen LogP contribution in [-0.2, 0) is 14.3 Å². The zero-order valence-electron chi connectivity index (χ0n) is 13.6. The van der Waals surface area contributed by atoms with Crippen molar-refractivity contribution in [1.82, 2.24) is 0 Å². The summed E-state index contributed by atoms with van der Waals surface area (Å²) in [5, 5.41) is 0. The Balaban J connectivity index is 2.17. The highest BCUT2D eigenvalue weighted by atomic mass is 16.5. The third kappa shape index (κ3) is 1.19. The molecule has 4 rings (SSSR count). The molecule has 0 amide bonds. The summed E-state index contributed by atoms with van der Waals surface area (Å²) in [6, 6.07) is 0. The lowest BCUT2D eigenvalue weighted by Gasteiger charge is -2.40. The van der Waals surface area contributed by atoms with Crippen LogP contribution in [0.15, 0.2) is 0 Å². The van der Waals surface area contributed by atoms with Crippen LogP contribution in [0.4, 0.5) is 0 Å². The van der Waals surface area contributed by atoms with Gasteiger partial charge in [0.25, 0.3) is 0 Å². The fourth-order valence-electron chi connectivity index (χ4n) is 6.08. The molecule has 4 aliphatic rings. The van der Waals surface area contributed by atoms with E-state index in [9.17, 15) is 9.59 Å². The van der Waals surface area contributed by atoms with Gasteiger partial charge in [-0.1, -0.05) is 34.6 Å². The summed E-state index contributed by atoms with van der Waals surface area (Å²) in [5.74, 6) is 0.111. The molecule has 0 heterocycles. The first-order valence-corrected chi connectivity index (χ1v) is 7.60. The Bertz CT molecular complexity index is 493. The van der Waals surface area contributed by atoms with E-state index in [0.717, 1.165) is 25.7 Å². The van der Waals surface area contributed by atoms with Gasteiger partial charge >= 0.3 is 5.97 Å². The zero-order valence-corrected chi connectivity index (χ0v) is 13.6. The summed E-state index contributed by atoms with van der Waals surface area (Å²) in [6.45, 7) is 10.5. The van der Waals surface area contributed by atoms with Crippen LogP contribution in [-0.4, -0.2) is 18.9 Å². The van der Waals surface area contributed by atoms with Crippen LogP contribution in [0.25, 0.3) is 0 Å². The molecule has 2 unspecified atom stereocenters. The molecule has 4 saturated carbocycles. The van der Waals surface area contributed by atoms with E-state index in [-0.39, 0.29) is 22.6 Å². The van der Waals surface area contributed by atoms with Crippen LogP contribution < -0.4 is 0 Å². The van der Waals surface area contributed by atoms with Gasteiger partial charge in [0.1, 0.15) is 5.78 Å². The van der Waals surface area contributed by atoms with E-state index < -0.39 is 16.2 Å². The number of esters is 1.